The van der Waals surface area contributed by atoms with E-state index in [4.69, 9.17) is 4.74 Å². The van der Waals surface area contributed by atoms with Gasteiger partial charge in [0.15, 0.2) is 5.82 Å². The maximum atomic E-state index is 11.4. The second-order valence-electron chi connectivity index (χ2n) is 4.35. The van der Waals surface area contributed by atoms with Crippen molar-refractivity contribution in [2.75, 3.05) is 7.11 Å². The molecule has 2 heterocycles. The first-order valence-corrected chi connectivity index (χ1v) is 5.95. The van der Waals surface area contributed by atoms with Crippen molar-refractivity contribution < 1.29 is 9.53 Å². The van der Waals surface area contributed by atoms with E-state index in [0.29, 0.717) is 5.82 Å². The highest BCUT2D eigenvalue weighted by atomic mass is 16.5. The molecule has 6 heteroatoms. The van der Waals surface area contributed by atoms with E-state index in [-0.39, 0.29) is 12.4 Å². The second kappa shape index (κ2) is 5.17. The van der Waals surface area contributed by atoms with E-state index in [1.165, 1.54) is 7.11 Å². The van der Waals surface area contributed by atoms with E-state index in [0.717, 1.165) is 22.6 Å². The van der Waals surface area contributed by atoms with E-state index in [2.05, 4.69) is 15.3 Å². The fourth-order valence-corrected chi connectivity index (χ4v) is 1.88. The van der Waals surface area contributed by atoms with Gasteiger partial charge in [-0.15, -0.1) is 5.10 Å². The summed E-state index contributed by atoms with van der Waals surface area (Å²) < 4.78 is 6.39. The van der Waals surface area contributed by atoms with Gasteiger partial charge in [-0.05, 0) is 32.9 Å². The second-order valence-corrected chi connectivity index (χ2v) is 4.35. The lowest BCUT2D eigenvalue weighted by molar-refractivity contribution is -0.139. The lowest BCUT2D eigenvalue weighted by atomic mass is 10.1. The van der Waals surface area contributed by atoms with Crippen LogP contribution in [0.15, 0.2) is 12.1 Å². The summed E-state index contributed by atoms with van der Waals surface area (Å²) in [5, 5.41) is 12.5. The number of ether oxygens (including phenoxy) is 1. The Morgan fingerprint density at radius 2 is 2.00 bits per heavy atom. The van der Waals surface area contributed by atoms with E-state index < -0.39 is 0 Å². The average molecular weight is 260 g/mol. The van der Waals surface area contributed by atoms with Crippen molar-refractivity contribution in [3.8, 4) is 5.82 Å². The Morgan fingerprint density at radius 1 is 1.26 bits per heavy atom. The third-order valence-corrected chi connectivity index (χ3v) is 2.99. The highest BCUT2D eigenvalue weighted by molar-refractivity contribution is 5.73. The van der Waals surface area contributed by atoms with Gasteiger partial charge in [0.25, 0.3) is 0 Å². The topological polar surface area (TPSA) is 69.9 Å². The summed E-state index contributed by atoms with van der Waals surface area (Å²) in [5.41, 5.74) is 3.39. The van der Waals surface area contributed by atoms with Gasteiger partial charge >= 0.3 is 5.97 Å². The maximum Gasteiger partial charge on any atom is 0.310 e. The molecule has 0 unspecified atom stereocenters. The van der Waals surface area contributed by atoms with Crippen LogP contribution in [-0.2, 0) is 16.0 Å². The summed E-state index contributed by atoms with van der Waals surface area (Å²) >= 11 is 0. The number of hydrogen-bond acceptors (Lipinski definition) is 5. The quantitative estimate of drug-likeness (QED) is 0.778. The maximum absolute atomic E-state index is 11.4. The third kappa shape index (κ3) is 2.62. The summed E-state index contributed by atoms with van der Waals surface area (Å²) in [7, 11) is 1.38. The molecule has 0 amide bonds. The molecule has 0 aliphatic carbocycles. The number of rotatable bonds is 3. The first-order chi connectivity index (χ1) is 9.02. The number of aryl methyl sites for hydroxylation is 2. The number of aromatic nitrogens is 4. The molecule has 0 atom stereocenters. The van der Waals surface area contributed by atoms with Crippen molar-refractivity contribution in [3.05, 3.63) is 34.8 Å². The van der Waals surface area contributed by atoms with Crippen LogP contribution in [0.3, 0.4) is 0 Å². The van der Waals surface area contributed by atoms with E-state index in [1.54, 1.807) is 4.68 Å². The first kappa shape index (κ1) is 13.2. The SMILES string of the molecule is COC(=O)Cc1c(C)nn(-c2ccc(C)nn2)c1C. The van der Waals surface area contributed by atoms with Gasteiger partial charge in [-0.25, -0.2) is 4.68 Å². The van der Waals surface area contributed by atoms with Gasteiger partial charge in [0, 0.05) is 11.3 Å². The molecule has 2 aromatic rings. The molecule has 100 valence electrons. The summed E-state index contributed by atoms with van der Waals surface area (Å²) in [6.45, 7) is 5.64. The van der Waals surface area contributed by atoms with Crippen LogP contribution in [0.5, 0.6) is 0 Å². The lowest BCUT2D eigenvalue weighted by Gasteiger charge is -2.03. The molecule has 2 rings (SSSR count). The Bertz CT molecular complexity index is 602. The number of methoxy groups -OCH3 is 1. The van der Waals surface area contributed by atoms with Crippen LogP contribution in [0, 0.1) is 20.8 Å². The number of hydrogen-bond donors (Lipinski definition) is 0. The molecule has 0 spiro atoms. The predicted octanol–water partition coefficient (Wildman–Crippen LogP) is 1.30. The highest BCUT2D eigenvalue weighted by Gasteiger charge is 2.16. The zero-order valence-electron chi connectivity index (χ0n) is 11.5. The van der Waals surface area contributed by atoms with Crippen molar-refractivity contribution in [2.24, 2.45) is 0 Å². The number of carbonyl (C=O) groups is 1. The summed E-state index contributed by atoms with van der Waals surface area (Å²) in [5.74, 6) is 0.364. The normalized spacial score (nSPS) is 10.5. The summed E-state index contributed by atoms with van der Waals surface area (Å²) in [4.78, 5) is 11.4. The van der Waals surface area contributed by atoms with Gasteiger partial charge in [-0.2, -0.15) is 10.2 Å². The van der Waals surface area contributed by atoms with Gasteiger partial charge < -0.3 is 4.74 Å². The fraction of sp³-hybridized carbons (Fsp3) is 0.385. The molecule has 0 aliphatic rings. The smallest absolute Gasteiger partial charge is 0.310 e. The third-order valence-electron chi connectivity index (χ3n) is 2.99. The van der Waals surface area contributed by atoms with Crippen molar-refractivity contribution in [3.63, 3.8) is 0 Å². The van der Waals surface area contributed by atoms with Crippen LogP contribution in [0.2, 0.25) is 0 Å². The van der Waals surface area contributed by atoms with Gasteiger partial charge in [0.1, 0.15) is 0 Å². The van der Waals surface area contributed by atoms with Crippen LogP contribution in [0.1, 0.15) is 22.6 Å². The molecule has 0 N–H and O–H groups in total. The largest absolute Gasteiger partial charge is 0.469 e. The van der Waals surface area contributed by atoms with Crippen LogP contribution >= 0.6 is 0 Å². The molecule has 0 saturated carbocycles. The molecular weight excluding hydrogens is 244 g/mol. The van der Waals surface area contributed by atoms with Crippen LogP contribution < -0.4 is 0 Å². The lowest BCUT2D eigenvalue weighted by Crippen LogP contribution is -2.07. The minimum absolute atomic E-state index is 0.216. The van der Waals surface area contributed by atoms with Crippen molar-refractivity contribution in [2.45, 2.75) is 27.2 Å². The Hall–Kier alpha value is -2.24. The molecule has 0 fully saturated rings. The van der Waals surface area contributed by atoms with Crippen molar-refractivity contribution >= 4 is 5.97 Å². The fourth-order valence-electron chi connectivity index (χ4n) is 1.88. The van der Waals surface area contributed by atoms with E-state index in [9.17, 15) is 4.79 Å². The van der Waals surface area contributed by atoms with E-state index in [1.807, 2.05) is 32.9 Å². The standard InChI is InChI=1S/C13H16N4O2/c1-8-5-6-12(15-14-8)17-10(3)11(9(2)16-17)7-13(18)19-4/h5-6H,7H2,1-4H3. The molecule has 0 radical (unpaired) electrons. The van der Waals surface area contributed by atoms with Gasteiger partial charge in [0.2, 0.25) is 0 Å². The molecule has 19 heavy (non-hydrogen) atoms. The molecular formula is C13H16N4O2. The monoisotopic (exact) mass is 260 g/mol. The first-order valence-electron chi connectivity index (χ1n) is 5.95. The number of carbonyl (C=O) groups excluding carboxylic acids is 1. The average Bonchev–Trinajstić information content (AvgIpc) is 2.67. The van der Waals surface area contributed by atoms with Crippen LogP contribution in [0.25, 0.3) is 5.82 Å². The molecule has 0 bridgehead atoms. The molecule has 6 nitrogen and oxygen atoms in total. The zero-order valence-corrected chi connectivity index (χ0v) is 11.5. The van der Waals surface area contributed by atoms with Gasteiger partial charge in [-0.1, -0.05) is 0 Å². The predicted molar refractivity (Wildman–Crippen MR) is 69.1 cm³/mol. The van der Waals surface area contributed by atoms with E-state index >= 15 is 0 Å². The van der Waals surface area contributed by atoms with Crippen molar-refractivity contribution in [1.29, 1.82) is 0 Å². The van der Waals surface area contributed by atoms with Crippen LogP contribution in [-0.4, -0.2) is 33.1 Å². The van der Waals surface area contributed by atoms with Gasteiger partial charge in [-0.3, -0.25) is 4.79 Å². The Morgan fingerprint density at radius 3 is 2.58 bits per heavy atom. The highest BCUT2D eigenvalue weighted by Crippen LogP contribution is 2.17. The number of nitrogens with zero attached hydrogens (tertiary/aromatic N) is 4. The molecule has 2 aromatic heterocycles. The molecule has 0 aromatic carbocycles. The summed E-state index contributed by atoms with van der Waals surface area (Å²) in [6.07, 6.45) is 0.216. The Kier molecular flexibility index (Phi) is 3.59. The number of esters is 1. The summed E-state index contributed by atoms with van der Waals surface area (Å²) in [6, 6.07) is 3.72. The Labute approximate surface area is 111 Å². The minimum Gasteiger partial charge on any atom is -0.469 e. The van der Waals surface area contributed by atoms with Gasteiger partial charge in [0.05, 0.1) is 24.9 Å². The zero-order chi connectivity index (χ0) is 14.0. The van der Waals surface area contributed by atoms with Crippen LogP contribution in [0.4, 0.5) is 0 Å². The minimum atomic E-state index is -0.277. The molecule has 0 saturated heterocycles. The Balaban J connectivity index is 2.40. The molecule has 0 aliphatic heterocycles. The van der Waals surface area contributed by atoms with Crippen molar-refractivity contribution in [1.82, 2.24) is 20.0 Å².